The van der Waals surface area contributed by atoms with Crippen molar-refractivity contribution in [2.45, 2.75) is 19.1 Å². The second-order valence-corrected chi connectivity index (χ2v) is 3.05. The number of aliphatic hydroxyl groups is 1. The fourth-order valence-electron chi connectivity index (χ4n) is 1.02. The van der Waals surface area contributed by atoms with E-state index < -0.39 is 0 Å². The molecule has 2 aliphatic heterocycles. The van der Waals surface area contributed by atoms with Gasteiger partial charge < -0.3 is 19.3 Å². The van der Waals surface area contributed by atoms with Crippen molar-refractivity contribution in [3.8, 4) is 0 Å². The summed E-state index contributed by atoms with van der Waals surface area (Å²) < 4.78 is 15.3. The van der Waals surface area contributed by atoms with Crippen LogP contribution in [0, 0.1) is 0 Å². The number of allylic oxidation sites excluding steroid dienone is 1. The number of aliphatic hydroxyl groups excluding tert-OH is 1. The quantitative estimate of drug-likeness (QED) is 0.498. The second kappa shape index (κ2) is 2.95. The zero-order chi connectivity index (χ0) is 8.55. The average Bonchev–Trinajstić information content (AvgIpc) is 2.78. The van der Waals surface area contributed by atoms with Crippen molar-refractivity contribution in [2.24, 2.45) is 0 Å². The molecule has 0 amide bonds. The molecule has 68 valence electrons. The molecule has 0 aromatic heterocycles. The maximum Gasteiger partial charge on any atom is 0.182 e. The third-order valence-corrected chi connectivity index (χ3v) is 1.84. The van der Waals surface area contributed by atoms with Crippen LogP contribution in [0.4, 0.5) is 0 Å². The molecule has 0 aromatic rings. The van der Waals surface area contributed by atoms with E-state index in [0.29, 0.717) is 25.1 Å². The molecule has 1 N–H and O–H groups in total. The van der Waals surface area contributed by atoms with Crippen LogP contribution >= 0.6 is 0 Å². The summed E-state index contributed by atoms with van der Waals surface area (Å²) in [6, 6.07) is 0. The zero-order valence-electron chi connectivity index (χ0n) is 6.95. The van der Waals surface area contributed by atoms with Crippen molar-refractivity contribution in [1.29, 1.82) is 0 Å². The lowest BCUT2D eigenvalue weighted by atomic mass is 10.4. The largest absolute Gasteiger partial charge is 0.509 e. The Balaban J connectivity index is 1.60. The molecule has 0 bridgehead atoms. The first kappa shape index (κ1) is 7.89. The van der Waals surface area contributed by atoms with Gasteiger partial charge in [-0.25, -0.2) is 0 Å². The molecule has 2 atom stereocenters. The maximum atomic E-state index is 8.96. The number of hydrogen-bond acceptors (Lipinski definition) is 4. The first-order valence-corrected chi connectivity index (χ1v) is 4.03. The van der Waals surface area contributed by atoms with Gasteiger partial charge in [-0.1, -0.05) is 0 Å². The minimum Gasteiger partial charge on any atom is -0.509 e. The predicted octanol–water partition coefficient (Wildman–Crippen LogP) is 0.590. The lowest BCUT2D eigenvalue weighted by Crippen LogP contribution is -2.06. The highest BCUT2D eigenvalue weighted by atomic mass is 16.6. The van der Waals surface area contributed by atoms with Crippen LogP contribution in [0.2, 0.25) is 0 Å². The summed E-state index contributed by atoms with van der Waals surface area (Å²) in [5, 5.41) is 8.96. The van der Waals surface area contributed by atoms with E-state index in [-0.39, 0.29) is 11.9 Å². The van der Waals surface area contributed by atoms with Gasteiger partial charge in [0.25, 0.3) is 0 Å². The first-order valence-electron chi connectivity index (χ1n) is 4.03. The summed E-state index contributed by atoms with van der Waals surface area (Å²) in [6.07, 6.45) is 0.278. The van der Waals surface area contributed by atoms with Gasteiger partial charge >= 0.3 is 0 Å². The van der Waals surface area contributed by atoms with E-state index in [1.165, 1.54) is 0 Å². The molecule has 4 nitrogen and oxygen atoms in total. The van der Waals surface area contributed by atoms with Gasteiger partial charge in [-0.3, -0.25) is 0 Å². The first-order chi connectivity index (χ1) is 5.77. The molecule has 2 saturated heterocycles. The Morgan fingerprint density at radius 2 is 2.42 bits per heavy atom. The third kappa shape index (κ3) is 1.89. The highest BCUT2D eigenvalue weighted by Crippen LogP contribution is 2.29. The van der Waals surface area contributed by atoms with Crippen molar-refractivity contribution in [3.63, 3.8) is 0 Å². The average molecular weight is 172 g/mol. The summed E-state index contributed by atoms with van der Waals surface area (Å²) >= 11 is 0. The van der Waals surface area contributed by atoms with Crippen LogP contribution in [0.1, 0.15) is 6.92 Å². The maximum absolute atomic E-state index is 8.96. The molecule has 0 aromatic carbocycles. The van der Waals surface area contributed by atoms with Crippen LogP contribution in [-0.4, -0.2) is 37.1 Å². The summed E-state index contributed by atoms with van der Waals surface area (Å²) in [5.74, 6) is 0.915. The van der Waals surface area contributed by atoms with Gasteiger partial charge in [-0.05, 0) is 6.92 Å². The fourth-order valence-corrected chi connectivity index (χ4v) is 1.02. The number of epoxide rings is 2. The SMILES string of the molecule is C/C(O)=C1\OC1COCC1CO1. The van der Waals surface area contributed by atoms with Crippen molar-refractivity contribution < 1.29 is 19.3 Å². The van der Waals surface area contributed by atoms with Crippen molar-refractivity contribution >= 4 is 0 Å². The summed E-state index contributed by atoms with van der Waals surface area (Å²) in [7, 11) is 0. The van der Waals surface area contributed by atoms with Crippen molar-refractivity contribution in [2.75, 3.05) is 19.8 Å². The highest BCUT2D eigenvalue weighted by molar-refractivity contribution is 5.16. The Bertz CT molecular complexity index is 203. The lowest BCUT2D eigenvalue weighted by Gasteiger charge is -1.94. The number of rotatable bonds is 4. The van der Waals surface area contributed by atoms with E-state index in [2.05, 4.69) is 0 Å². The molecule has 2 heterocycles. The molecule has 4 heteroatoms. The summed E-state index contributed by atoms with van der Waals surface area (Å²) in [5.41, 5.74) is 0. The number of hydrogen-bond donors (Lipinski definition) is 1. The molecule has 2 fully saturated rings. The monoisotopic (exact) mass is 172 g/mol. The van der Waals surface area contributed by atoms with Crippen LogP contribution in [0.15, 0.2) is 11.5 Å². The van der Waals surface area contributed by atoms with Crippen LogP contribution in [0.25, 0.3) is 0 Å². The van der Waals surface area contributed by atoms with Gasteiger partial charge in [0, 0.05) is 0 Å². The van der Waals surface area contributed by atoms with Crippen molar-refractivity contribution in [3.05, 3.63) is 11.5 Å². The highest BCUT2D eigenvalue weighted by Gasteiger charge is 2.36. The fraction of sp³-hybridized carbons (Fsp3) is 0.750. The Morgan fingerprint density at radius 1 is 1.67 bits per heavy atom. The lowest BCUT2D eigenvalue weighted by molar-refractivity contribution is 0.102. The predicted molar refractivity (Wildman–Crippen MR) is 40.8 cm³/mol. The summed E-state index contributed by atoms with van der Waals surface area (Å²) in [6.45, 7) is 3.58. The van der Waals surface area contributed by atoms with E-state index in [4.69, 9.17) is 19.3 Å². The molecule has 2 aliphatic rings. The molecule has 12 heavy (non-hydrogen) atoms. The number of ether oxygens (including phenoxy) is 3. The molecule has 2 rings (SSSR count). The second-order valence-electron chi connectivity index (χ2n) is 3.05. The van der Waals surface area contributed by atoms with Gasteiger partial charge in [0.15, 0.2) is 11.9 Å². The molecular weight excluding hydrogens is 160 g/mol. The van der Waals surface area contributed by atoms with Crippen LogP contribution in [0.5, 0.6) is 0 Å². The Morgan fingerprint density at radius 3 is 2.92 bits per heavy atom. The molecule has 0 spiro atoms. The van der Waals surface area contributed by atoms with Gasteiger partial charge in [-0.15, -0.1) is 0 Å². The van der Waals surface area contributed by atoms with Gasteiger partial charge in [0.2, 0.25) is 0 Å². The standard InChI is InChI=1S/C8H12O4/c1-5(9)8-7(12-8)4-10-2-6-3-11-6/h6-7,9H,2-4H2,1H3/b8-5+. The Hall–Kier alpha value is -0.740. The van der Waals surface area contributed by atoms with Crippen molar-refractivity contribution in [1.82, 2.24) is 0 Å². The molecule has 2 unspecified atom stereocenters. The van der Waals surface area contributed by atoms with E-state index in [0.717, 1.165) is 6.61 Å². The van der Waals surface area contributed by atoms with Crippen LogP contribution in [-0.2, 0) is 14.2 Å². The topological polar surface area (TPSA) is 54.5 Å². The Kier molecular flexibility index (Phi) is 1.94. The molecule has 0 aliphatic carbocycles. The molecule has 0 radical (unpaired) electrons. The van der Waals surface area contributed by atoms with Gasteiger partial charge in [0.1, 0.15) is 11.9 Å². The molecular formula is C8H12O4. The summed E-state index contributed by atoms with van der Waals surface area (Å²) in [4.78, 5) is 0. The van der Waals surface area contributed by atoms with E-state index in [1.54, 1.807) is 6.92 Å². The van der Waals surface area contributed by atoms with Crippen LogP contribution < -0.4 is 0 Å². The van der Waals surface area contributed by atoms with Crippen LogP contribution in [0.3, 0.4) is 0 Å². The normalized spacial score (nSPS) is 35.8. The van der Waals surface area contributed by atoms with Gasteiger partial charge in [0.05, 0.1) is 19.8 Å². The minimum atomic E-state index is -0.0197. The van der Waals surface area contributed by atoms with E-state index in [9.17, 15) is 0 Å². The third-order valence-electron chi connectivity index (χ3n) is 1.84. The van der Waals surface area contributed by atoms with Gasteiger partial charge in [-0.2, -0.15) is 0 Å². The Labute approximate surface area is 70.7 Å². The minimum absolute atomic E-state index is 0.0197. The van der Waals surface area contributed by atoms with E-state index >= 15 is 0 Å². The molecule has 0 saturated carbocycles. The zero-order valence-corrected chi connectivity index (χ0v) is 6.95. The van der Waals surface area contributed by atoms with E-state index in [1.807, 2.05) is 0 Å². The smallest absolute Gasteiger partial charge is 0.182 e.